The third-order valence-corrected chi connectivity index (χ3v) is 3.52. The van der Waals surface area contributed by atoms with Crippen molar-refractivity contribution in [1.82, 2.24) is 5.32 Å². The van der Waals surface area contributed by atoms with Gasteiger partial charge in [-0.3, -0.25) is 4.79 Å². The molecular formula is C16H15NO2S. The minimum Gasteiger partial charge on any atom is -0.384 e. The molecule has 0 radical (unpaired) electrons. The van der Waals surface area contributed by atoms with Crippen LogP contribution in [0.3, 0.4) is 0 Å². The molecule has 0 unspecified atom stereocenters. The molecule has 2 N–H and O–H groups in total. The number of aliphatic hydroxyl groups excluding tert-OH is 1. The second-order valence-corrected chi connectivity index (χ2v) is 5.23. The summed E-state index contributed by atoms with van der Waals surface area (Å²) < 4.78 is 0. The van der Waals surface area contributed by atoms with Crippen LogP contribution < -0.4 is 5.32 Å². The number of hydrogen-bond donors (Lipinski definition) is 2. The highest BCUT2D eigenvalue weighted by Gasteiger charge is 2.04. The molecule has 0 saturated carbocycles. The van der Waals surface area contributed by atoms with E-state index in [2.05, 4.69) is 17.2 Å². The summed E-state index contributed by atoms with van der Waals surface area (Å²) in [6, 6.07) is 11.5. The molecule has 0 aliphatic carbocycles. The van der Waals surface area contributed by atoms with Gasteiger partial charge in [0.05, 0.1) is 6.42 Å². The summed E-state index contributed by atoms with van der Waals surface area (Å²) >= 11 is 1.58. The Bertz CT molecular complexity index is 623. The zero-order valence-electron chi connectivity index (χ0n) is 10.9. The number of amides is 1. The van der Waals surface area contributed by atoms with Gasteiger partial charge in [-0.25, -0.2) is 0 Å². The quantitative estimate of drug-likeness (QED) is 0.844. The fourth-order valence-corrected chi connectivity index (χ4v) is 2.44. The van der Waals surface area contributed by atoms with Crippen molar-refractivity contribution in [1.29, 1.82) is 0 Å². The van der Waals surface area contributed by atoms with Gasteiger partial charge < -0.3 is 10.4 Å². The Labute approximate surface area is 122 Å². The van der Waals surface area contributed by atoms with Gasteiger partial charge in [0.15, 0.2) is 0 Å². The summed E-state index contributed by atoms with van der Waals surface area (Å²) in [5.41, 5.74) is 1.83. The number of rotatable bonds is 4. The molecule has 0 aliphatic heterocycles. The first kappa shape index (κ1) is 14.3. The van der Waals surface area contributed by atoms with Crippen LogP contribution in [0.2, 0.25) is 0 Å². The second kappa shape index (κ2) is 7.49. The topological polar surface area (TPSA) is 49.3 Å². The Morgan fingerprint density at radius 3 is 2.95 bits per heavy atom. The molecule has 4 heteroatoms. The lowest BCUT2D eigenvalue weighted by atomic mass is 10.1. The van der Waals surface area contributed by atoms with Crippen LogP contribution in [0.25, 0.3) is 0 Å². The van der Waals surface area contributed by atoms with E-state index in [0.29, 0.717) is 13.0 Å². The highest BCUT2D eigenvalue weighted by Crippen LogP contribution is 2.09. The van der Waals surface area contributed by atoms with Crippen LogP contribution in [0.1, 0.15) is 16.0 Å². The molecule has 0 spiro atoms. The average molecular weight is 285 g/mol. The van der Waals surface area contributed by atoms with Gasteiger partial charge in [-0.15, -0.1) is 11.3 Å². The molecule has 2 aromatic rings. The van der Waals surface area contributed by atoms with E-state index in [1.807, 2.05) is 41.8 Å². The van der Waals surface area contributed by atoms with E-state index in [-0.39, 0.29) is 12.5 Å². The predicted octanol–water partition coefficient (Wildman–Crippen LogP) is 1.95. The molecule has 1 amide bonds. The monoisotopic (exact) mass is 285 g/mol. The van der Waals surface area contributed by atoms with Gasteiger partial charge in [-0.2, -0.15) is 0 Å². The standard InChI is InChI=1S/C16H15NO2S/c18-8-2-6-13-4-1-5-14(10-13)12-17-16(19)11-15-7-3-9-20-15/h1,3-5,7,9-10,18H,8,11-12H2,(H,17,19). The molecule has 1 aromatic carbocycles. The lowest BCUT2D eigenvalue weighted by molar-refractivity contribution is -0.120. The van der Waals surface area contributed by atoms with Crippen LogP contribution >= 0.6 is 11.3 Å². The number of hydrogen-bond acceptors (Lipinski definition) is 3. The number of aliphatic hydroxyl groups is 1. The highest BCUT2D eigenvalue weighted by molar-refractivity contribution is 7.10. The maximum atomic E-state index is 11.8. The Morgan fingerprint density at radius 1 is 1.30 bits per heavy atom. The first-order valence-electron chi connectivity index (χ1n) is 6.25. The van der Waals surface area contributed by atoms with E-state index in [4.69, 9.17) is 5.11 Å². The van der Waals surface area contributed by atoms with Gasteiger partial charge in [0.25, 0.3) is 0 Å². The molecule has 0 bridgehead atoms. The SMILES string of the molecule is O=C(Cc1cccs1)NCc1cccc(C#CCO)c1. The number of carbonyl (C=O) groups is 1. The molecule has 0 atom stereocenters. The second-order valence-electron chi connectivity index (χ2n) is 4.19. The van der Waals surface area contributed by atoms with Crippen molar-refractivity contribution in [3.05, 3.63) is 57.8 Å². The van der Waals surface area contributed by atoms with Crippen LogP contribution in [0.4, 0.5) is 0 Å². The van der Waals surface area contributed by atoms with Gasteiger partial charge >= 0.3 is 0 Å². The summed E-state index contributed by atoms with van der Waals surface area (Å²) in [5.74, 6) is 5.47. The predicted molar refractivity (Wildman–Crippen MR) is 80.3 cm³/mol. The smallest absolute Gasteiger partial charge is 0.225 e. The molecule has 20 heavy (non-hydrogen) atoms. The lowest BCUT2D eigenvalue weighted by Gasteiger charge is -2.05. The van der Waals surface area contributed by atoms with Crippen molar-refractivity contribution in [3.63, 3.8) is 0 Å². The summed E-state index contributed by atoms with van der Waals surface area (Å²) in [7, 11) is 0. The molecule has 0 aliphatic rings. The summed E-state index contributed by atoms with van der Waals surface area (Å²) in [4.78, 5) is 12.8. The van der Waals surface area contributed by atoms with E-state index in [1.165, 1.54) is 0 Å². The van der Waals surface area contributed by atoms with E-state index in [1.54, 1.807) is 11.3 Å². The Kier molecular flexibility index (Phi) is 5.36. The Morgan fingerprint density at radius 2 is 2.20 bits per heavy atom. The Hall–Kier alpha value is -2.09. The van der Waals surface area contributed by atoms with Crippen LogP contribution in [0.5, 0.6) is 0 Å². The fraction of sp³-hybridized carbons (Fsp3) is 0.188. The van der Waals surface area contributed by atoms with Crippen LogP contribution in [0.15, 0.2) is 41.8 Å². The molecule has 3 nitrogen and oxygen atoms in total. The molecule has 0 fully saturated rings. The molecular weight excluding hydrogens is 270 g/mol. The van der Waals surface area contributed by atoms with E-state index in [9.17, 15) is 4.79 Å². The first-order chi connectivity index (χ1) is 9.78. The first-order valence-corrected chi connectivity index (χ1v) is 7.13. The van der Waals surface area contributed by atoms with E-state index < -0.39 is 0 Å². The molecule has 0 saturated heterocycles. The molecule has 102 valence electrons. The average Bonchev–Trinajstić information content (AvgIpc) is 2.96. The van der Waals surface area contributed by atoms with Gasteiger partial charge in [-0.1, -0.05) is 30.0 Å². The third kappa shape index (κ3) is 4.54. The maximum Gasteiger partial charge on any atom is 0.225 e. The van der Waals surface area contributed by atoms with Crippen LogP contribution in [-0.2, 0) is 17.8 Å². The normalized spacial score (nSPS) is 9.65. The van der Waals surface area contributed by atoms with Crippen molar-refractivity contribution in [2.24, 2.45) is 0 Å². The van der Waals surface area contributed by atoms with Crippen LogP contribution in [-0.4, -0.2) is 17.6 Å². The largest absolute Gasteiger partial charge is 0.384 e. The minimum atomic E-state index is -0.151. The van der Waals surface area contributed by atoms with Gasteiger partial charge in [0.1, 0.15) is 6.61 Å². The van der Waals surface area contributed by atoms with Crippen molar-refractivity contribution >= 4 is 17.2 Å². The van der Waals surface area contributed by atoms with E-state index in [0.717, 1.165) is 16.0 Å². The van der Waals surface area contributed by atoms with Gasteiger partial charge in [-0.05, 0) is 29.1 Å². The number of benzene rings is 1. The lowest BCUT2D eigenvalue weighted by Crippen LogP contribution is -2.24. The van der Waals surface area contributed by atoms with Crippen molar-refractivity contribution in [2.45, 2.75) is 13.0 Å². The number of nitrogens with one attached hydrogen (secondary N) is 1. The molecule has 2 rings (SSSR count). The number of thiophene rings is 1. The zero-order valence-corrected chi connectivity index (χ0v) is 11.7. The molecule has 1 heterocycles. The number of carbonyl (C=O) groups excluding carboxylic acids is 1. The van der Waals surface area contributed by atoms with Gasteiger partial charge in [0, 0.05) is 17.0 Å². The van der Waals surface area contributed by atoms with Crippen LogP contribution in [0, 0.1) is 11.8 Å². The van der Waals surface area contributed by atoms with Crippen molar-refractivity contribution in [2.75, 3.05) is 6.61 Å². The maximum absolute atomic E-state index is 11.8. The highest BCUT2D eigenvalue weighted by atomic mass is 32.1. The zero-order chi connectivity index (χ0) is 14.2. The Balaban J connectivity index is 1.88. The summed E-state index contributed by atoms with van der Waals surface area (Å²) in [6.45, 7) is 0.334. The fourth-order valence-electron chi connectivity index (χ4n) is 1.74. The summed E-state index contributed by atoms with van der Waals surface area (Å²) in [6.07, 6.45) is 0.418. The minimum absolute atomic E-state index is 0.0132. The third-order valence-electron chi connectivity index (χ3n) is 2.64. The van der Waals surface area contributed by atoms with Crippen molar-refractivity contribution < 1.29 is 9.90 Å². The van der Waals surface area contributed by atoms with Crippen molar-refractivity contribution in [3.8, 4) is 11.8 Å². The molecule has 1 aromatic heterocycles. The van der Waals surface area contributed by atoms with E-state index >= 15 is 0 Å². The van der Waals surface area contributed by atoms with Gasteiger partial charge in [0.2, 0.25) is 5.91 Å². The summed E-state index contributed by atoms with van der Waals surface area (Å²) in [5, 5.41) is 13.5.